The van der Waals surface area contributed by atoms with Crippen LogP contribution in [0.2, 0.25) is 0 Å². The zero-order valence-electron chi connectivity index (χ0n) is 14.1. The molecule has 2 unspecified atom stereocenters. The van der Waals surface area contributed by atoms with Crippen molar-refractivity contribution in [3.05, 3.63) is 11.4 Å². The Morgan fingerprint density at radius 3 is 2.38 bits per heavy atom. The fourth-order valence-corrected chi connectivity index (χ4v) is 3.26. The summed E-state index contributed by atoms with van der Waals surface area (Å²) in [6.45, 7) is 10.9. The van der Waals surface area contributed by atoms with Crippen molar-refractivity contribution in [3.63, 3.8) is 0 Å². The minimum absolute atomic E-state index is 0.292. The molecule has 3 N–H and O–H groups in total. The van der Waals surface area contributed by atoms with Crippen LogP contribution in [0.3, 0.4) is 0 Å². The lowest BCUT2D eigenvalue weighted by Gasteiger charge is -2.35. The lowest BCUT2D eigenvalue weighted by atomic mass is 9.78. The van der Waals surface area contributed by atoms with Crippen LogP contribution in [-0.4, -0.2) is 16.0 Å². The quantitative estimate of drug-likeness (QED) is 0.875. The Hall–Kier alpha value is -1.32. The summed E-state index contributed by atoms with van der Waals surface area (Å²) in [6.07, 6.45) is 5.19. The molecule has 1 saturated carbocycles. The number of hydrogen-bond acceptors (Lipinski definition) is 4. The first-order chi connectivity index (χ1) is 9.90. The van der Waals surface area contributed by atoms with E-state index in [1.165, 1.54) is 25.7 Å². The zero-order chi connectivity index (χ0) is 15.6. The number of aromatic nitrogens is 2. The van der Waals surface area contributed by atoms with E-state index in [9.17, 15) is 0 Å². The molecule has 0 spiro atoms. The van der Waals surface area contributed by atoms with Crippen molar-refractivity contribution >= 4 is 11.6 Å². The van der Waals surface area contributed by atoms with Gasteiger partial charge in [0.15, 0.2) is 0 Å². The molecular weight excluding hydrogens is 260 g/mol. The molecule has 2 rings (SSSR count). The van der Waals surface area contributed by atoms with Gasteiger partial charge in [0.1, 0.15) is 17.5 Å². The molecule has 1 aromatic heterocycles. The lowest BCUT2D eigenvalue weighted by molar-refractivity contribution is 0.253. The molecule has 1 aliphatic rings. The fourth-order valence-electron chi connectivity index (χ4n) is 3.26. The Morgan fingerprint density at radius 1 is 1.10 bits per heavy atom. The minimum atomic E-state index is 0.292. The number of nitrogen functional groups attached to an aromatic ring is 1. The van der Waals surface area contributed by atoms with Crippen molar-refractivity contribution < 1.29 is 0 Å². The summed E-state index contributed by atoms with van der Waals surface area (Å²) in [7, 11) is 0. The molecule has 0 radical (unpaired) electrons. The predicted molar refractivity (Wildman–Crippen MR) is 89.5 cm³/mol. The Balaban J connectivity index is 2.25. The second-order valence-corrected chi connectivity index (χ2v) is 7.04. The number of nitrogens with two attached hydrogens (primary N) is 1. The first kappa shape index (κ1) is 16.1. The molecule has 118 valence electrons. The highest BCUT2D eigenvalue weighted by Gasteiger charge is 2.28. The van der Waals surface area contributed by atoms with E-state index in [2.05, 4.69) is 38.0 Å². The van der Waals surface area contributed by atoms with E-state index in [4.69, 9.17) is 10.7 Å². The van der Waals surface area contributed by atoms with Crippen molar-refractivity contribution in [1.82, 2.24) is 9.97 Å². The smallest absolute Gasteiger partial charge is 0.135 e. The van der Waals surface area contributed by atoms with Gasteiger partial charge in [-0.2, -0.15) is 0 Å². The largest absolute Gasteiger partial charge is 0.383 e. The van der Waals surface area contributed by atoms with Gasteiger partial charge in [-0.15, -0.1) is 0 Å². The Labute approximate surface area is 128 Å². The molecule has 1 heterocycles. The van der Waals surface area contributed by atoms with Gasteiger partial charge in [0.2, 0.25) is 0 Å². The molecule has 0 saturated heterocycles. The first-order valence-corrected chi connectivity index (χ1v) is 8.30. The van der Waals surface area contributed by atoms with Crippen molar-refractivity contribution in [2.24, 2.45) is 11.8 Å². The van der Waals surface area contributed by atoms with E-state index >= 15 is 0 Å². The van der Waals surface area contributed by atoms with E-state index in [-0.39, 0.29) is 0 Å². The third-order valence-corrected chi connectivity index (χ3v) is 4.71. The molecule has 0 bridgehead atoms. The SMILES string of the molecule is Cc1c(N)nc(C(C)C)nc1NC1CCCCC1C(C)C. The summed E-state index contributed by atoms with van der Waals surface area (Å²) < 4.78 is 0. The third-order valence-electron chi connectivity index (χ3n) is 4.71. The van der Waals surface area contributed by atoms with Crippen LogP contribution >= 0.6 is 0 Å². The molecule has 4 nitrogen and oxygen atoms in total. The summed E-state index contributed by atoms with van der Waals surface area (Å²) in [5.74, 6) is 4.08. The maximum atomic E-state index is 6.07. The summed E-state index contributed by atoms with van der Waals surface area (Å²) >= 11 is 0. The number of anilines is 2. The van der Waals surface area contributed by atoms with Gasteiger partial charge in [-0.1, -0.05) is 40.5 Å². The first-order valence-electron chi connectivity index (χ1n) is 8.30. The van der Waals surface area contributed by atoms with Gasteiger partial charge in [0.25, 0.3) is 0 Å². The van der Waals surface area contributed by atoms with Crippen LogP contribution in [0.5, 0.6) is 0 Å². The Kier molecular flexibility index (Phi) is 5.07. The van der Waals surface area contributed by atoms with Gasteiger partial charge in [-0.25, -0.2) is 9.97 Å². The standard InChI is InChI=1S/C17H30N4/c1-10(2)13-8-6-7-9-14(13)19-17-12(5)15(18)20-16(21-17)11(3)4/h10-11,13-14H,6-9H2,1-5H3,(H3,18,19,20,21). The highest BCUT2D eigenvalue weighted by atomic mass is 15.1. The van der Waals surface area contributed by atoms with Crippen molar-refractivity contribution in [3.8, 4) is 0 Å². The summed E-state index contributed by atoms with van der Waals surface area (Å²) in [6, 6.07) is 0.506. The topological polar surface area (TPSA) is 63.8 Å². The summed E-state index contributed by atoms with van der Waals surface area (Å²) in [5.41, 5.74) is 7.05. The maximum Gasteiger partial charge on any atom is 0.135 e. The van der Waals surface area contributed by atoms with Crippen molar-refractivity contribution in [2.45, 2.75) is 72.3 Å². The van der Waals surface area contributed by atoms with Gasteiger partial charge in [0, 0.05) is 17.5 Å². The lowest BCUT2D eigenvalue weighted by Crippen LogP contribution is -2.36. The molecule has 0 amide bonds. The maximum absolute atomic E-state index is 6.07. The zero-order valence-corrected chi connectivity index (χ0v) is 14.1. The molecule has 2 atom stereocenters. The third kappa shape index (κ3) is 3.66. The van der Waals surface area contributed by atoms with Gasteiger partial charge in [-0.3, -0.25) is 0 Å². The molecule has 0 aliphatic heterocycles. The summed E-state index contributed by atoms with van der Waals surface area (Å²) in [5, 5.41) is 3.69. The van der Waals surface area contributed by atoms with Crippen LogP contribution in [-0.2, 0) is 0 Å². The van der Waals surface area contributed by atoms with Crippen LogP contribution in [0, 0.1) is 18.8 Å². The molecule has 1 aromatic rings. The van der Waals surface area contributed by atoms with Crippen LogP contribution in [0.15, 0.2) is 0 Å². The molecule has 1 aliphatic carbocycles. The van der Waals surface area contributed by atoms with E-state index in [0.29, 0.717) is 23.7 Å². The number of nitrogens with one attached hydrogen (secondary N) is 1. The average Bonchev–Trinajstić information content (AvgIpc) is 2.43. The summed E-state index contributed by atoms with van der Waals surface area (Å²) in [4.78, 5) is 9.13. The normalized spacial score (nSPS) is 22.8. The van der Waals surface area contributed by atoms with E-state index in [1.54, 1.807) is 0 Å². The van der Waals surface area contributed by atoms with Crippen LogP contribution in [0.1, 0.15) is 70.7 Å². The predicted octanol–water partition coefficient (Wildman–Crippen LogP) is 4.12. The Morgan fingerprint density at radius 2 is 1.76 bits per heavy atom. The van der Waals surface area contributed by atoms with Crippen molar-refractivity contribution in [2.75, 3.05) is 11.1 Å². The number of rotatable bonds is 4. The number of nitrogens with zero attached hydrogens (tertiary/aromatic N) is 2. The number of hydrogen-bond donors (Lipinski definition) is 2. The van der Waals surface area contributed by atoms with E-state index in [1.807, 2.05) is 6.92 Å². The molecule has 21 heavy (non-hydrogen) atoms. The van der Waals surface area contributed by atoms with E-state index in [0.717, 1.165) is 23.1 Å². The van der Waals surface area contributed by atoms with Gasteiger partial charge < -0.3 is 11.1 Å². The van der Waals surface area contributed by atoms with Crippen LogP contribution in [0.4, 0.5) is 11.6 Å². The fraction of sp³-hybridized carbons (Fsp3) is 0.765. The highest BCUT2D eigenvalue weighted by molar-refractivity contribution is 5.55. The monoisotopic (exact) mass is 290 g/mol. The molecular formula is C17H30N4. The van der Waals surface area contributed by atoms with Gasteiger partial charge in [0.05, 0.1) is 0 Å². The molecule has 4 heteroatoms. The second-order valence-electron chi connectivity index (χ2n) is 7.04. The average molecular weight is 290 g/mol. The second kappa shape index (κ2) is 6.63. The van der Waals surface area contributed by atoms with Crippen LogP contribution < -0.4 is 11.1 Å². The van der Waals surface area contributed by atoms with Crippen molar-refractivity contribution in [1.29, 1.82) is 0 Å². The minimum Gasteiger partial charge on any atom is -0.383 e. The van der Waals surface area contributed by atoms with Gasteiger partial charge in [-0.05, 0) is 31.6 Å². The molecule has 0 aromatic carbocycles. The van der Waals surface area contributed by atoms with Gasteiger partial charge >= 0.3 is 0 Å². The molecule has 1 fully saturated rings. The highest BCUT2D eigenvalue weighted by Crippen LogP contribution is 2.33. The van der Waals surface area contributed by atoms with E-state index < -0.39 is 0 Å². The van der Waals surface area contributed by atoms with Crippen LogP contribution in [0.25, 0.3) is 0 Å². The Bertz CT molecular complexity index is 482.